The van der Waals surface area contributed by atoms with Gasteiger partial charge in [0.1, 0.15) is 5.75 Å². The number of benzene rings is 2. The Labute approximate surface area is 144 Å². The van der Waals surface area contributed by atoms with E-state index in [-0.39, 0.29) is 24.0 Å². The van der Waals surface area contributed by atoms with E-state index in [2.05, 4.69) is 5.32 Å². The van der Waals surface area contributed by atoms with Gasteiger partial charge in [-0.3, -0.25) is 19.7 Å². The maximum Gasteiger partial charge on any atom is 0.269 e. The smallest absolute Gasteiger partial charge is 0.269 e. The van der Waals surface area contributed by atoms with Crippen LogP contribution in [0, 0.1) is 10.1 Å². The molecule has 0 saturated carbocycles. The SMILES string of the molecule is CNC(=O)COc1ccc(C(=O)/C=C/c2ccc([N+](=O)[O-])cc2)cc1. The average Bonchev–Trinajstić information content (AvgIpc) is 2.64. The van der Waals surface area contributed by atoms with Crippen molar-refractivity contribution in [2.24, 2.45) is 0 Å². The van der Waals surface area contributed by atoms with E-state index in [1.165, 1.54) is 25.3 Å². The molecule has 7 heteroatoms. The number of hydrogen-bond donors (Lipinski definition) is 1. The van der Waals surface area contributed by atoms with Gasteiger partial charge in [-0.1, -0.05) is 6.08 Å². The third kappa shape index (κ3) is 5.28. The third-order valence-electron chi connectivity index (χ3n) is 3.32. The molecule has 0 radical (unpaired) electrons. The van der Waals surface area contributed by atoms with E-state index in [0.717, 1.165) is 0 Å². The number of nitro benzene ring substituents is 1. The molecule has 0 spiro atoms. The first-order valence-electron chi connectivity index (χ1n) is 7.40. The van der Waals surface area contributed by atoms with Crippen LogP contribution in [0.4, 0.5) is 5.69 Å². The summed E-state index contributed by atoms with van der Waals surface area (Å²) in [5, 5.41) is 13.0. The first-order valence-corrected chi connectivity index (χ1v) is 7.40. The van der Waals surface area contributed by atoms with Crippen LogP contribution in [-0.4, -0.2) is 30.3 Å². The molecule has 128 valence electrons. The second-order valence-electron chi connectivity index (χ2n) is 5.03. The van der Waals surface area contributed by atoms with Crippen LogP contribution in [0.3, 0.4) is 0 Å². The highest BCUT2D eigenvalue weighted by Crippen LogP contribution is 2.15. The summed E-state index contributed by atoms with van der Waals surface area (Å²) in [5.74, 6) is 0.0295. The van der Waals surface area contributed by atoms with E-state index < -0.39 is 4.92 Å². The van der Waals surface area contributed by atoms with Crippen LogP contribution < -0.4 is 10.1 Å². The first-order chi connectivity index (χ1) is 12.0. The highest BCUT2D eigenvalue weighted by molar-refractivity contribution is 6.06. The zero-order valence-electron chi connectivity index (χ0n) is 13.5. The summed E-state index contributed by atoms with van der Waals surface area (Å²) in [4.78, 5) is 33.3. The Bertz CT molecular complexity index is 795. The molecule has 1 N–H and O–H groups in total. The van der Waals surface area contributed by atoms with Crippen LogP contribution in [0.1, 0.15) is 15.9 Å². The summed E-state index contributed by atoms with van der Waals surface area (Å²) in [7, 11) is 1.52. The van der Waals surface area contributed by atoms with E-state index in [4.69, 9.17) is 4.74 Å². The lowest BCUT2D eigenvalue weighted by Crippen LogP contribution is -2.24. The molecule has 2 aromatic carbocycles. The van der Waals surface area contributed by atoms with Gasteiger partial charge < -0.3 is 10.1 Å². The lowest BCUT2D eigenvalue weighted by Gasteiger charge is -2.05. The topological polar surface area (TPSA) is 98.5 Å². The fourth-order valence-electron chi connectivity index (χ4n) is 1.91. The van der Waals surface area contributed by atoms with E-state index >= 15 is 0 Å². The Morgan fingerprint density at radius 2 is 1.76 bits per heavy atom. The van der Waals surface area contributed by atoms with Gasteiger partial charge >= 0.3 is 0 Å². The molecule has 1 amide bonds. The second kappa shape index (κ2) is 8.39. The molecular formula is C18H16N2O5. The van der Waals surface area contributed by atoms with Crippen LogP contribution in [0.15, 0.2) is 54.6 Å². The minimum absolute atomic E-state index is 0.00387. The van der Waals surface area contributed by atoms with Crippen molar-refractivity contribution >= 4 is 23.5 Å². The van der Waals surface area contributed by atoms with Crippen molar-refractivity contribution in [1.82, 2.24) is 5.32 Å². The van der Waals surface area contributed by atoms with Crippen molar-refractivity contribution in [3.63, 3.8) is 0 Å². The van der Waals surface area contributed by atoms with Gasteiger partial charge in [0, 0.05) is 24.7 Å². The third-order valence-corrected chi connectivity index (χ3v) is 3.32. The number of carbonyl (C=O) groups excluding carboxylic acids is 2. The van der Waals surface area contributed by atoms with Gasteiger partial charge in [-0.2, -0.15) is 0 Å². The normalized spacial score (nSPS) is 10.4. The lowest BCUT2D eigenvalue weighted by molar-refractivity contribution is -0.384. The molecule has 0 aliphatic carbocycles. The van der Waals surface area contributed by atoms with E-state index in [1.807, 2.05) is 0 Å². The number of nitrogens with zero attached hydrogens (tertiary/aromatic N) is 1. The quantitative estimate of drug-likeness (QED) is 0.361. The summed E-state index contributed by atoms with van der Waals surface area (Å²) in [5.41, 5.74) is 1.14. The van der Waals surface area contributed by atoms with Gasteiger partial charge in [0.2, 0.25) is 0 Å². The number of non-ortho nitro benzene ring substituents is 1. The summed E-state index contributed by atoms with van der Waals surface area (Å²) in [6.07, 6.45) is 2.98. The van der Waals surface area contributed by atoms with Gasteiger partial charge in [-0.15, -0.1) is 0 Å². The minimum Gasteiger partial charge on any atom is -0.484 e. The Morgan fingerprint density at radius 1 is 1.12 bits per heavy atom. The molecule has 0 heterocycles. The van der Waals surface area contributed by atoms with Crippen molar-refractivity contribution in [3.05, 3.63) is 75.8 Å². The Balaban J connectivity index is 1.98. The molecule has 0 bridgehead atoms. The number of allylic oxidation sites excluding steroid dienone is 1. The predicted molar refractivity (Wildman–Crippen MR) is 92.5 cm³/mol. The predicted octanol–water partition coefficient (Wildman–Crippen LogP) is 2.62. The fraction of sp³-hybridized carbons (Fsp3) is 0.111. The van der Waals surface area contributed by atoms with Gasteiger partial charge in [0.25, 0.3) is 11.6 Å². The molecule has 0 aromatic heterocycles. The van der Waals surface area contributed by atoms with Crippen molar-refractivity contribution in [1.29, 1.82) is 0 Å². The van der Waals surface area contributed by atoms with Crippen molar-refractivity contribution in [2.75, 3.05) is 13.7 Å². The number of nitro groups is 1. The minimum atomic E-state index is -0.480. The van der Waals surface area contributed by atoms with E-state index in [0.29, 0.717) is 16.9 Å². The highest BCUT2D eigenvalue weighted by atomic mass is 16.6. The largest absolute Gasteiger partial charge is 0.484 e. The number of ether oxygens (including phenoxy) is 1. The zero-order chi connectivity index (χ0) is 18.2. The molecule has 2 aromatic rings. The molecule has 25 heavy (non-hydrogen) atoms. The maximum absolute atomic E-state index is 12.1. The highest BCUT2D eigenvalue weighted by Gasteiger charge is 2.05. The Kier molecular flexibility index (Phi) is 6.00. The molecule has 0 aliphatic rings. The maximum atomic E-state index is 12.1. The van der Waals surface area contributed by atoms with Gasteiger partial charge in [0.15, 0.2) is 12.4 Å². The summed E-state index contributed by atoms with van der Waals surface area (Å²) in [6, 6.07) is 12.3. The van der Waals surface area contributed by atoms with Gasteiger partial charge in [-0.25, -0.2) is 0 Å². The molecule has 0 fully saturated rings. The Morgan fingerprint density at radius 3 is 2.32 bits per heavy atom. The van der Waals surface area contributed by atoms with E-state index in [1.54, 1.807) is 42.5 Å². The van der Waals surface area contributed by atoms with Crippen LogP contribution in [0.5, 0.6) is 5.75 Å². The summed E-state index contributed by atoms with van der Waals surface area (Å²) >= 11 is 0. The average molecular weight is 340 g/mol. The summed E-state index contributed by atoms with van der Waals surface area (Å²) in [6.45, 7) is -0.0934. The molecule has 2 rings (SSSR count). The van der Waals surface area contributed by atoms with Crippen LogP contribution >= 0.6 is 0 Å². The van der Waals surface area contributed by atoms with Crippen LogP contribution in [0.2, 0.25) is 0 Å². The molecule has 0 aliphatic heterocycles. The number of hydrogen-bond acceptors (Lipinski definition) is 5. The number of amides is 1. The van der Waals surface area contributed by atoms with E-state index in [9.17, 15) is 19.7 Å². The van der Waals surface area contributed by atoms with Crippen molar-refractivity contribution in [3.8, 4) is 5.75 Å². The second-order valence-corrected chi connectivity index (χ2v) is 5.03. The summed E-state index contributed by atoms with van der Waals surface area (Å²) < 4.78 is 5.26. The first kappa shape index (κ1) is 17.9. The lowest BCUT2D eigenvalue weighted by atomic mass is 10.1. The number of nitrogens with one attached hydrogen (secondary N) is 1. The molecule has 0 saturated heterocycles. The molecule has 0 atom stereocenters. The van der Waals surface area contributed by atoms with Crippen LogP contribution in [0.25, 0.3) is 6.08 Å². The molecular weight excluding hydrogens is 324 g/mol. The van der Waals surface area contributed by atoms with Crippen LogP contribution in [-0.2, 0) is 4.79 Å². The number of rotatable bonds is 7. The van der Waals surface area contributed by atoms with Gasteiger partial charge in [0.05, 0.1) is 4.92 Å². The fourth-order valence-corrected chi connectivity index (χ4v) is 1.91. The number of likely N-dealkylation sites (N-methyl/N-ethyl adjacent to an activating group) is 1. The van der Waals surface area contributed by atoms with Crippen molar-refractivity contribution < 1.29 is 19.2 Å². The number of carbonyl (C=O) groups is 2. The monoisotopic (exact) mass is 340 g/mol. The molecule has 0 unspecified atom stereocenters. The Hall–Kier alpha value is -3.48. The van der Waals surface area contributed by atoms with Gasteiger partial charge in [-0.05, 0) is 48.0 Å². The zero-order valence-corrected chi connectivity index (χ0v) is 13.5. The van der Waals surface area contributed by atoms with Crippen molar-refractivity contribution in [2.45, 2.75) is 0 Å². The molecule has 7 nitrogen and oxygen atoms in total. The standard InChI is InChI=1S/C18H16N2O5/c1-19-18(22)12-25-16-9-5-14(6-10-16)17(21)11-4-13-2-7-15(8-3-13)20(23)24/h2-11H,12H2,1H3,(H,19,22)/b11-4+. The number of ketones is 1.